The van der Waals surface area contributed by atoms with Crippen LogP contribution in [-0.2, 0) is 9.47 Å². The second-order valence-corrected chi connectivity index (χ2v) is 4.83. The molecule has 0 aliphatic heterocycles. The zero-order valence-corrected chi connectivity index (χ0v) is 13.1. The highest BCUT2D eigenvalue weighted by Crippen LogP contribution is 2.13. The number of benzene rings is 2. The second kappa shape index (κ2) is 7.98. The summed E-state index contributed by atoms with van der Waals surface area (Å²) in [5.74, 6) is -0.450. The lowest BCUT2D eigenvalue weighted by Crippen LogP contribution is -2.16. The van der Waals surface area contributed by atoms with Gasteiger partial charge in [-0.2, -0.15) is 0 Å². The third kappa shape index (κ3) is 4.57. The predicted octanol–water partition coefficient (Wildman–Crippen LogP) is 3.02. The van der Waals surface area contributed by atoms with E-state index in [2.05, 4.69) is 4.74 Å². The SMILES string of the molecule is COC(=O)c1ccccc1C(=O)OCCOc1ccc(C)cc1. The third-order valence-electron chi connectivity index (χ3n) is 3.16. The van der Waals surface area contributed by atoms with Crippen LogP contribution in [0, 0.1) is 6.92 Å². The monoisotopic (exact) mass is 314 g/mol. The molecule has 5 nitrogen and oxygen atoms in total. The van der Waals surface area contributed by atoms with Gasteiger partial charge < -0.3 is 14.2 Å². The highest BCUT2D eigenvalue weighted by atomic mass is 16.6. The van der Waals surface area contributed by atoms with Crippen LogP contribution in [0.25, 0.3) is 0 Å². The fourth-order valence-corrected chi connectivity index (χ4v) is 1.96. The quantitative estimate of drug-likeness (QED) is 0.606. The molecule has 0 radical (unpaired) electrons. The van der Waals surface area contributed by atoms with Gasteiger partial charge >= 0.3 is 11.9 Å². The summed E-state index contributed by atoms with van der Waals surface area (Å²) in [6.45, 7) is 2.31. The molecule has 0 spiro atoms. The van der Waals surface area contributed by atoms with Gasteiger partial charge in [-0.1, -0.05) is 29.8 Å². The van der Waals surface area contributed by atoms with Crippen LogP contribution < -0.4 is 4.74 Å². The minimum Gasteiger partial charge on any atom is -0.490 e. The van der Waals surface area contributed by atoms with Crippen molar-refractivity contribution in [2.45, 2.75) is 6.92 Å². The van der Waals surface area contributed by atoms with Crippen LogP contribution in [0.5, 0.6) is 5.75 Å². The lowest BCUT2D eigenvalue weighted by molar-refractivity contribution is 0.0438. The van der Waals surface area contributed by atoms with Crippen LogP contribution in [0.1, 0.15) is 26.3 Å². The molecule has 0 saturated heterocycles. The summed E-state index contributed by atoms with van der Waals surface area (Å²) >= 11 is 0. The van der Waals surface area contributed by atoms with Crippen molar-refractivity contribution >= 4 is 11.9 Å². The molecule has 0 aromatic heterocycles. The summed E-state index contributed by atoms with van der Waals surface area (Å²) in [6, 6.07) is 13.9. The Morgan fingerprint density at radius 3 is 2.09 bits per heavy atom. The normalized spacial score (nSPS) is 10.0. The third-order valence-corrected chi connectivity index (χ3v) is 3.16. The van der Waals surface area contributed by atoms with E-state index in [4.69, 9.17) is 9.47 Å². The number of hydrogen-bond acceptors (Lipinski definition) is 5. The zero-order chi connectivity index (χ0) is 16.7. The summed E-state index contributed by atoms with van der Waals surface area (Å²) < 4.78 is 15.3. The molecule has 0 fully saturated rings. The first-order valence-electron chi connectivity index (χ1n) is 7.15. The Balaban J connectivity index is 1.88. The highest BCUT2D eigenvalue weighted by Gasteiger charge is 2.17. The number of methoxy groups -OCH3 is 1. The first-order valence-corrected chi connectivity index (χ1v) is 7.15. The molecule has 0 aliphatic carbocycles. The van der Waals surface area contributed by atoms with Gasteiger partial charge in [0.05, 0.1) is 18.2 Å². The van der Waals surface area contributed by atoms with Crippen molar-refractivity contribution in [2.75, 3.05) is 20.3 Å². The molecule has 0 heterocycles. The Morgan fingerprint density at radius 2 is 1.48 bits per heavy atom. The van der Waals surface area contributed by atoms with E-state index in [9.17, 15) is 9.59 Å². The molecule has 2 aromatic rings. The predicted molar refractivity (Wildman–Crippen MR) is 84.7 cm³/mol. The number of ether oxygens (including phenoxy) is 3. The van der Waals surface area contributed by atoms with Crippen molar-refractivity contribution < 1.29 is 23.8 Å². The van der Waals surface area contributed by atoms with E-state index in [1.165, 1.54) is 19.2 Å². The van der Waals surface area contributed by atoms with E-state index >= 15 is 0 Å². The molecular formula is C18H18O5. The zero-order valence-electron chi connectivity index (χ0n) is 13.1. The van der Waals surface area contributed by atoms with Gasteiger partial charge in [0.2, 0.25) is 0 Å². The van der Waals surface area contributed by atoms with Gasteiger partial charge in [0.15, 0.2) is 0 Å². The van der Waals surface area contributed by atoms with Crippen molar-refractivity contribution in [3.63, 3.8) is 0 Å². The molecule has 2 aromatic carbocycles. The van der Waals surface area contributed by atoms with Gasteiger partial charge in [-0.05, 0) is 31.2 Å². The molecule has 2 rings (SSSR count). The minimum absolute atomic E-state index is 0.0855. The first kappa shape index (κ1) is 16.5. The van der Waals surface area contributed by atoms with Crippen molar-refractivity contribution in [1.29, 1.82) is 0 Å². The number of aryl methyl sites for hydroxylation is 1. The van der Waals surface area contributed by atoms with E-state index in [-0.39, 0.29) is 24.3 Å². The highest BCUT2D eigenvalue weighted by molar-refractivity contribution is 6.03. The van der Waals surface area contributed by atoms with Crippen LogP contribution in [-0.4, -0.2) is 32.3 Å². The van der Waals surface area contributed by atoms with E-state index in [0.29, 0.717) is 5.75 Å². The van der Waals surface area contributed by atoms with Crippen molar-refractivity contribution in [3.8, 4) is 5.75 Å². The smallest absolute Gasteiger partial charge is 0.339 e. The maximum Gasteiger partial charge on any atom is 0.339 e. The molecule has 0 saturated carbocycles. The topological polar surface area (TPSA) is 61.8 Å². The van der Waals surface area contributed by atoms with Gasteiger partial charge in [0, 0.05) is 0 Å². The lowest BCUT2D eigenvalue weighted by Gasteiger charge is -2.09. The summed E-state index contributed by atoms with van der Waals surface area (Å²) in [4.78, 5) is 23.7. The number of esters is 2. The first-order chi connectivity index (χ1) is 11.1. The number of hydrogen-bond donors (Lipinski definition) is 0. The number of rotatable bonds is 6. The van der Waals surface area contributed by atoms with Gasteiger partial charge in [-0.15, -0.1) is 0 Å². The molecule has 120 valence electrons. The van der Waals surface area contributed by atoms with Crippen LogP contribution >= 0.6 is 0 Å². The van der Waals surface area contributed by atoms with Gasteiger partial charge in [-0.25, -0.2) is 9.59 Å². The van der Waals surface area contributed by atoms with E-state index < -0.39 is 11.9 Å². The summed E-state index contributed by atoms with van der Waals surface area (Å²) in [7, 11) is 1.26. The number of carbonyl (C=O) groups is 2. The van der Waals surface area contributed by atoms with E-state index in [0.717, 1.165) is 5.56 Å². The van der Waals surface area contributed by atoms with Crippen LogP contribution in [0.3, 0.4) is 0 Å². The molecule has 5 heteroatoms. The average Bonchev–Trinajstić information content (AvgIpc) is 2.59. The molecule has 0 atom stereocenters. The lowest BCUT2D eigenvalue weighted by atomic mass is 10.1. The Kier molecular flexibility index (Phi) is 5.74. The Hall–Kier alpha value is -2.82. The summed E-state index contributed by atoms with van der Waals surface area (Å²) in [6.07, 6.45) is 0. The molecule has 0 unspecified atom stereocenters. The van der Waals surface area contributed by atoms with Gasteiger partial charge in [0.25, 0.3) is 0 Å². The Bertz CT molecular complexity index is 676. The summed E-state index contributed by atoms with van der Waals surface area (Å²) in [5, 5.41) is 0. The molecule has 0 N–H and O–H groups in total. The fraction of sp³-hybridized carbons (Fsp3) is 0.222. The van der Waals surface area contributed by atoms with Crippen LogP contribution in [0.15, 0.2) is 48.5 Å². The van der Waals surface area contributed by atoms with Gasteiger partial charge in [-0.3, -0.25) is 0 Å². The van der Waals surface area contributed by atoms with E-state index in [1.54, 1.807) is 12.1 Å². The maximum absolute atomic E-state index is 12.1. The molecular weight excluding hydrogens is 296 g/mol. The Morgan fingerprint density at radius 1 is 0.870 bits per heavy atom. The minimum atomic E-state index is -0.585. The maximum atomic E-state index is 12.1. The van der Waals surface area contributed by atoms with E-state index in [1.807, 2.05) is 31.2 Å². The molecule has 0 bridgehead atoms. The molecule has 0 amide bonds. The van der Waals surface area contributed by atoms with Crippen molar-refractivity contribution in [1.82, 2.24) is 0 Å². The summed E-state index contributed by atoms with van der Waals surface area (Å²) in [5.41, 5.74) is 1.50. The van der Waals surface area contributed by atoms with Crippen LogP contribution in [0.2, 0.25) is 0 Å². The van der Waals surface area contributed by atoms with Gasteiger partial charge in [0.1, 0.15) is 19.0 Å². The number of carbonyl (C=O) groups excluding carboxylic acids is 2. The second-order valence-electron chi connectivity index (χ2n) is 4.83. The standard InChI is InChI=1S/C18H18O5/c1-13-7-9-14(10-8-13)22-11-12-23-18(20)16-6-4-3-5-15(16)17(19)21-2/h3-10H,11-12H2,1-2H3. The average molecular weight is 314 g/mol. The largest absolute Gasteiger partial charge is 0.490 e. The fourth-order valence-electron chi connectivity index (χ4n) is 1.96. The molecule has 0 aliphatic rings. The van der Waals surface area contributed by atoms with Crippen LogP contribution in [0.4, 0.5) is 0 Å². The Labute approximate surface area is 134 Å². The van der Waals surface area contributed by atoms with Crippen molar-refractivity contribution in [3.05, 3.63) is 65.2 Å². The van der Waals surface area contributed by atoms with Crippen molar-refractivity contribution in [2.24, 2.45) is 0 Å². The molecule has 23 heavy (non-hydrogen) atoms.